The Morgan fingerprint density at radius 3 is 3.06 bits per heavy atom. The second-order valence-electron chi connectivity index (χ2n) is 5.19. The van der Waals surface area contributed by atoms with Crippen molar-refractivity contribution < 1.29 is 9.53 Å². The van der Waals surface area contributed by atoms with Gasteiger partial charge in [-0.25, -0.2) is 0 Å². The van der Waals surface area contributed by atoms with E-state index in [1.807, 2.05) is 29.3 Å². The summed E-state index contributed by atoms with van der Waals surface area (Å²) < 4.78 is 5.62. The fraction of sp³-hybridized carbons (Fsp3) is 0.615. The molecule has 2 heterocycles. The number of hydrogen-bond acceptors (Lipinski definition) is 3. The van der Waals surface area contributed by atoms with E-state index in [4.69, 9.17) is 4.74 Å². The summed E-state index contributed by atoms with van der Waals surface area (Å²) >= 11 is 1.64. The molecule has 0 bridgehead atoms. The zero-order valence-corrected chi connectivity index (χ0v) is 11.4. The highest BCUT2D eigenvalue weighted by molar-refractivity contribution is 7.10. The van der Waals surface area contributed by atoms with E-state index in [-0.39, 0.29) is 17.6 Å². The van der Waals surface area contributed by atoms with Gasteiger partial charge in [-0.15, -0.1) is 11.3 Å². The Bertz CT molecular complexity index is 386. The first kappa shape index (κ1) is 12.6. The van der Waals surface area contributed by atoms with Gasteiger partial charge in [0.25, 0.3) is 0 Å². The maximum Gasteiger partial charge on any atom is 0.228 e. The van der Waals surface area contributed by atoms with Gasteiger partial charge in [-0.05, 0) is 32.2 Å². The molecule has 0 unspecified atom stereocenters. The van der Waals surface area contributed by atoms with Crippen LogP contribution >= 0.6 is 11.3 Å². The van der Waals surface area contributed by atoms with Crippen LogP contribution in [0.5, 0.6) is 0 Å². The first-order valence-corrected chi connectivity index (χ1v) is 6.81. The van der Waals surface area contributed by atoms with E-state index in [1.165, 1.54) is 0 Å². The molecule has 1 saturated heterocycles. The molecule has 1 aromatic heterocycles. The van der Waals surface area contributed by atoms with Gasteiger partial charge in [-0.3, -0.25) is 4.79 Å². The average molecular weight is 253 g/mol. The lowest BCUT2D eigenvalue weighted by Gasteiger charge is -2.44. The summed E-state index contributed by atoms with van der Waals surface area (Å²) in [5.74, 6) is 0.201. The third-order valence-electron chi connectivity index (χ3n) is 3.10. The van der Waals surface area contributed by atoms with Crippen LogP contribution in [0.15, 0.2) is 17.5 Å². The second-order valence-corrected chi connectivity index (χ2v) is 6.23. The molecule has 0 spiro atoms. The Morgan fingerprint density at radius 1 is 1.65 bits per heavy atom. The van der Waals surface area contributed by atoms with Crippen LogP contribution in [0.4, 0.5) is 0 Å². The van der Waals surface area contributed by atoms with E-state index in [1.54, 1.807) is 11.3 Å². The molecule has 0 aromatic carbocycles. The fourth-order valence-corrected chi connectivity index (χ4v) is 2.77. The summed E-state index contributed by atoms with van der Waals surface area (Å²) in [6.45, 7) is 7.44. The van der Waals surface area contributed by atoms with Crippen LogP contribution in [0, 0.1) is 0 Å². The minimum Gasteiger partial charge on any atom is -0.374 e. The number of amides is 1. The van der Waals surface area contributed by atoms with Crippen molar-refractivity contribution in [2.75, 3.05) is 13.2 Å². The van der Waals surface area contributed by atoms with Gasteiger partial charge in [0.15, 0.2) is 0 Å². The third-order valence-corrected chi connectivity index (χ3v) is 3.97. The highest BCUT2D eigenvalue weighted by Gasteiger charge is 2.36. The van der Waals surface area contributed by atoms with Gasteiger partial charge in [-0.2, -0.15) is 0 Å². The van der Waals surface area contributed by atoms with E-state index in [9.17, 15) is 4.79 Å². The van der Waals surface area contributed by atoms with Crippen LogP contribution in [0.2, 0.25) is 0 Å². The monoisotopic (exact) mass is 253 g/mol. The van der Waals surface area contributed by atoms with Crippen LogP contribution in [0.1, 0.15) is 25.6 Å². The van der Waals surface area contributed by atoms with Gasteiger partial charge in [0.05, 0.1) is 24.7 Å². The summed E-state index contributed by atoms with van der Waals surface area (Å²) in [7, 11) is 0. The highest BCUT2D eigenvalue weighted by Crippen LogP contribution is 2.23. The van der Waals surface area contributed by atoms with Crippen molar-refractivity contribution >= 4 is 17.2 Å². The second kappa shape index (κ2) is 4.78. The molecule has 2 rings (SSSR count). The smallest absolute Gasteiger partial charge is 0.228 e. The number of morpholine rings is 1. The van der Waals surface area contributed by atoms with E-state index in [0.717, 1.165) is 4.88 Å². The average Bonchev–Trinajstić information content (AvgIpc) is 2.74. The number of rotatable bonds is 2. The van der Waals surface area contributed by atoms with Crippen molar-refractivity contribution in [3.63, 3.8) is 0 Å². The van der Waals surface area contributed by atoms with Crippen molar-refractivity contribution in [1.29, 1.82) is 0 Å². The largest absolute Gasteiger partial charge is 0.374 e. The van der Waals surface area contributed by atoms with Gasteiger partial charge < -0.3 is 9.64 Å². The minimum absolute atomic E-state index is 0.135. The van der Waals surface area contributed by atoms with Crippen molar-refractivity contribution in [3.8, 4) is 0 Å². The quantitative estimate of drug-likeness (QED) is 0.809. The molecule has 17 heavy (non-hydrogen) atoms. The normalized spacial score (nSPS) is 23.7. The molecule has 1 atom stereocenters. The first-order valence-electron chi connectivity index (χ1n) is 5.93. The Hall–Kier alpha value is -0.870. The highest BCUT2D eigenvalue weighted by atomic mass is 32.1. The summed E-state index contributed by atoms with van der Waals surface area (Å²) in [6, 6.07) is 4.00. The van der Waals surface area contributed by atoms with Crippen LogP contribution in [-0.4, -0.2) is 35.6 Å². The Labute approximate surface area is 106 Å². The minimum atomic E-state index is -0.194. The van der Waals surface area contributed by atoms with Crippen molar-refractivity contribution in [2.24, 2.45) is 0 Å². The molecule has 1 amide bonds. The van der Waals surface area contributed by atoms with E-state index in [0.29, 0.717) is 19.6 Å². The first-order chi connectivity index (χ1) is 7.99. The predicted octanol–water partition coefficient (Wildman–Crippen LogP) is 2.32. The predicted molar refractivity (Wildman–Crippen MR) is 69.2 cm³/mol. The molecular formula is C13H19NO2S. The molecule has 1 aromatic rings. The zero-order chi connectivity index (χ0) is 12.5. The van der Waals surface area contributed by atoms with E-state index >= 15 is 0 Å². The lowest BCUT2D eigenvalue weighted by Crippen LogP contribution is -2.58. The molecule has 1 fully saturated rings. The van der Waals surface area contributed by atoms with Crippen molar-refractivity contribution in [1.82, 2.24) is 4.90 Å². The number of carbonyl (C=O) groups is 1. The number of carbonyl (C=O) groups excluding carboxylic acids is 1. The Kier molecular flexibility index (Phi) is 3.54. The van der Waals surface area contributed by atoms with Crippen molar-refractivity contribution in [2.45, 2.75) is 38.8 Å². The Balaban J connectivity index is 2.06. The summed E-state index contributed by atoms with van der Waals surface area (Å²) in [5.41, 5.74) is -0.194. The number of thiophene rings is 1. The molecule has 3 nitrogen and oxygen atoms in total. The summed E-state index contributed by atoms with van der Waals surface area (Å²) in [5, 5.41) is 2.01. The van der Waals surface area contributed by atoms with Gasteiger partial charge in [0.1, 0.15) is 0 Å². The lowest BCUT2D eigenvalue weighted by atomic mass is 10.0. The number of hydrogen-bond donors (Lipinski definition) is 0. The van der Waals surface area contributed by atoms with E-state index in [2.05, 4.69) is 13.8 Å². The molecule has 0 aliphatic carbocycles. The Morgan fingerprint density at radius 2 is 2.41 bits per heavy atom. The lowest BCUT2D eigenvalue weighted by molar-refractivity contribution is -0.152. The maximum atomic E-state index is 12.3. The molecule has 0 saturated carbocycles. The van der Waals surface area contributed by atoms with Crippen LogP contribution in [0.25, 0.3) is 0 Å². The van der Waals surface area contributed by atoms with Gasteiger partial charge in [0.2, 0.25) is 5.91 Å². The van der Waals surface area contributed by atoms with Crippen LogP contribution < -0.4 is 0 Å². The fourth-order valence-electron chi connectivity index (χ4n) is 2.08. The topological polar surface area (TPSA) is 29.5 Å². The van der Waals surface area contributed by atoms with Crippen molar-refractivity contribution in [3.05, 3.63) is 22.4 Å². The van der Waals surface area contributed by atoms with Crippen LogP contribution in [-0.2, 0) is 16.0 Å². The SMILES string of the molecule is C[C@@H]1CN(C(=O)Cc2cccs2)C(C)(C)CO1. The third kappa shape index (κ3) is 2.87. The molecule has 4 heteroatoms. The maximum absolute atomic E-state index is 12.3. The molecule has 0 N–H and O–H groups in total. The molecule has 0 radical (unpaired) electrons. The standard InChI is InChI=1S/C13H19NO2S/c1-10-8-14(13(2,3)9-16-10)12(15)7-11-5-4-6-17-11/h4-6,10H,7-9H2,1-3H3/t10-/m1/s1. The molecule has 94 valence electrons. The van der Waals surface area contributed by atoms with Gasteiger partial charge >= 0.3 is 0 Å². The van der Waals surface area contributed by atoms with Gasteiger partial charge in [-0.1, -0.05) is 6.07 Å². The summed E-state index contributed by atoms with van der Waals surface area (Å²) in [4.78, 5) is 15.4. The number of nitrogens with zero attached hydrogens (tertiary/aromatic N) is 1. The zero-order valence-electron chi connectivity index (χ0n) is 10.6. The molecular weight excluding hydrogens is 234 g/mol. The molecule has 1 aliphatic heterocycles. The molecule has 1 aliphatic rings. The van der Waals surface area contributed by atoms with Crippen LogP contribution in [0.3, 0.4) is 0 Å². The van der Waals surface area contributed by atoms with E-state index < -0.39 is 0 Å². The number of ether oxygens (including phenoxy) is 1. The van der Waals surface area contributed by atoms with Gasteiger partial charge in [0, 0.05) is 11.4 Å². The summed E-state index contributed by atoms with van der Waals surface area (Å²) in [6.07, 6.45) is 0.642.